The molecule has 0 saturated heterocycles. The lowest BCUT2D eigenvalue weighted by Crippen LogP contribution is -2.31. The van der Waals surface area contributed by atoms with Gasteiger partial charge in [-0.2, -0.15) is 8.73 Å². The normalized spacial score (nSPS) is 19.0. The third-order valence-electron chi connectivity index (χ3n) is 3.42. The van der Waals surface area contributed by atoms with Gasteiger partial charge in [-0.1, -0.05) is 6.07 Å². The van der Waals surface area contributed by atoms with E-state index < -0.39 is 10.0 Å². The largest absolute Gasteiger partial charge is 0.242 e. The van der Waals surface area contributed by atoms with Crippen LogP contribution in [0.3, 0.4) is 0 Å². The van der Waals surface area contributed by atoms with Crippen molar-refractivity contribution in [1.82, 2.24) is 4.72 Å². The third-order valence-corrected chi connectivity index (χ3v) is 5.96. The Balaban J connectivity index is 1.85. The first-order valence-corrected chi connectivity index (χ1v) is 8.58. The number of benzene rings is 1. The van der Waals surface area contributed by atoms with Crippen molar-refractivity contribution in [3.8, 4) is 0 Å². The number of hydrogen-bond acceptors (Lipinski definition) is 4. The molecule has 1 N–H and O–H groups in total. The van der Waals surface area contributed by atoms with E-state index in [2.05, 4.69) is 13.4 Å². The van der Waals surface area contributed by atoms with Gasteiger partial charge in [-0.05, 0) is 30.4 Å². The number of sulfonamides is 1. The van der Waals surface area contributed by atoms with Gasteiger partial charge in [0.25, 0.3) is 0 Å². The first-order valence-electron chi connectivity index (χ1n) is 5.83. The molecule has 8 heteroatoms. The SMILES string of the molecule is O=S(=O)(NCC1(CCl)CC1)c1cccc2c1N=S=N2. The highest BCUT2D eigenvalue weighted by Crippen LogP contribution is 2.46. The van der Waals surface area contributed by atoms with Crippen LogP contribution in [0.15, 0.2) is 31.8 Å². The van der Waals surface area contributed by atoms with Gasteiger partial charge in [0.15, 0.2) is 0 Å². The molecule has 1 aliphatic carbocycles. The van der Waals surface area contributed by atoms with E-state index >= 15 is 0 Å². The fourth-order valence-electron chi connectivity index (χ4n) is 1.86. The van der Waals surface area contributed by atoms with Gasteiger partial charge < -0.3 is 0 Å². The average Bonchev–Trinajstić information content (AvgIpc) is 3.04. The van der Waals surface area contributed by atoms with Gasteiger partial charge in [0, 0.05) is 12.4 Å². The van der Waals surface area contributed by atoms with Crippen molar-refractivity contribution in [2.24, 2.45) is 14.1 Å². The molecular weight excluding hydrogens is 306 g/mol. The lowest BCUT2D eigenvalue weighted by Gasteiger charge is -2.13. The zero-order valence-electron chi connectivity index (χ0n) is 9.97. The number of nitrogens with one attached hydrogen (secondary N) is 1. The van der Waals surface area contributed by atoms with Crippen LogP contribution in [0.25, 0.3) is 0 Å². The lowest BCUT2D eigenvalue weighted by atomic mass is 10.1. The predicted octanol–water partition coefficient (Wildman–Crippen LogP) is 2.71. The van der Waals surface area contributed by atoms with Gasteiger partial charge in [0.05, 0.1) is 11.4 Å². The van der Waals surface area contributed by atoms with E-state index in [0.29, 0.717) is 23.8 Å². The molecule has 3 rings (SSSR count). The molecule has 102 valence electrons. The number of alkyl halides is 1. The lowest BCUT2D eigenvalue weighted by molar-refractivity contribution is 0.535. The second kappa shape index (κ2) is 4.66. The summed E-state index contributed by atoms with van der Waals surface area (Å²) >= 11 is 6.86. The summed E-state index contributed by atoms with van der Waals surface area (Å²) in [6.07, 6.45) is 1.95. The quantitative estimate of drug-likeness (QED) is 0.861. The minimum Gasteiger partial charge on any atom is -0.210 e. The zero-order valence-corrected chi connectivity index (χ0v) is 12.4. The highest BCUT2D eigenvalue weighted by Gasteiger charge is 2.42. The Morgan fingerprint density at radius 2 is 2.16 bits per heavy atom. The molecule has 1 saturated carbocycles. The van der Waals surface area contributed by atoms with Gasteiger partial charge in [-0.15, -0.1) is 11.6 Å². The monoisotopic (exact) mass is 317 g/mol. The molecule has 0 radical (unpaired) electrons. The molecule has 1 fully saturated rings. The molecule has 19 heavy (non-hydrogen) atoms. The third kappa shape index (κ3) is 2.47. The molecule has 0 spiro atoms. The smallest absolute Gasteiger partial charge is 0.210 e. The van der Waals surface area contributed by atoms with E-state index in [-0.39, 0.29) is 10.3 Å². The van der Waals surface area contributed by atoms with Gasteiger partial charge >= 0.3 is 0 Å². The van der Waals surface area contributed by atoms with Crippen LogP contribution < -0.4 is 4.72 Å². The molecule has 0 bridgehead atoms. The molecule has 0 unspecified atom stereocenters. The Morgan fingerprint density at radius 1 is 1.37 bits per heavy atom. The van der Waals surface area contributed by atoms with Crippen molar-refractivity contribution < 1.29 is 8.42 Å². The van der Waals surface area contributed by atoms with Gasteiger partial charge in [-0.3, -0.25) is 0 Å². The summed E-state index contributed by atoms with van der Waals surface area (Å²) in [5.74, 6) is 0.484. The zero-order chi connectivity index (χ0) is 13.5. The molecule has 1 heterocycles. The molecule has 2 aliphatic rings. The Kier molecular flexibility index (Phi) is 3.24. The highest BCUT2D eigenvalue weighted by molar-refractivity contribution is 7.89. The van der Waals surface area contributed by atoms with E-state index in [1.54, 1.807) is 18.2 Å². The molecule has 0 atom stereocenters. The molecule has 1 aromatic carbocycles. The van der Waals surface area contributed by atoms with Gasteiger partial charge in [0.1, 0.15) is 16.3 Å². The van der Waals surface area contributed by atoms with Crippen molar-refractivity contribution in [1.29, 1.82) is 0 Å². The Morgan fingerprint density at radius 3 is 2.84 bits per heavy atom. The minimum atomic E-state index is -3.56. The Labute approximate surface area is 120 Å². The topological polar surface area (TPSA) is 70.9 Å². The summed E-state index contributed by atoms with van der Waals surface area (Å²) in [5.41, 5.74) is 0.977. The molecular formula is C11H12ClN3O2S2. The summed E-state index contributed by atoms with van der Waals surface area (Å²) < 4.78 is 35.4. The van der Waals surface area contributed by atoms with Crippen molar-refractivity contribution in [2.45, 2.75) is 17.7 Å². The van der Waals surface area contributed by atoms with E-state index in [4.69, 9.17) is 11.6 Å². The summed E-state index contributed by atoms with van der Waals surface area (Å²) in [7, 11) is -3.56. The molecule has 0 amide bonds. The van der Waals surface area contributed by atoms with Crippen LogP contribution in [0.2, 0.25) is 0 Å². The molecule has 0 aromatic heterocycles. The second-order valence-electron chi connectivity index (χ2n) is 4.85. The van der Waals surface area contributed by atoms with E-state index in [1.807, 2.05) is 0 Å². The summed E-state index contributed by atoms with van der Waals surface area (Å²) in [4.78, 5) is 0.184. The Bertz CT molecular complexity index is 692. The fraction of sp³-hybridized carbons (Fsp3) is 0.455. The van der Waals surface area contributed by atoms with E-state index in [1.165, 1.54) is 0 Å². The maximum absolute atomic E-state index is 12.3. The Hall–Kier alpha value is -0.760. The standard InChI is InChI=1S/C11H12ClN3O2S2/c12-6-11(4-5-11)7-13-19(16,17)9-3-1-2-8-10(9)15-18-14-8/h1-3,13H,4-7H2. The van der Waals surface area contributed by atoms with Crippen LogP contribution in [0.4, 0.5) is 11.4 Å². The summed E-state index contributed by atoms with van der Waals surface area (Å²) in [6.45, 7) is 0.382. The van der Waals surface area contributed by atoms with Crippen molar-refractivity contribution in [3.63, 3.8) is 0 Å². The predicted molar refractivity (Wildman–Crippen MR) is 75.6 cm³/mol. The van der Waals surface area contributed by atoms with Crippen LogP contribution in [0.5, 0.6) is 0 Å². The van der Waals surface area contributed by atoms with Crippen LogP contribution >= 0.6 is 11.6 Å². The van der Waals surface area contributed by atoms with Crippen LogP contribution in [-0.4, -0.2) is 20.8 Å². The number of rotatable bonds is 5. The number of nitrogens with zero attached hydrogens (tertiary/aromatic N) is 2. The molecule has 5 nitrogen and oxygen atoms in total. The highest BCUT2D eigenvalue weighted by atomic mass is 35.5. The number of fused-ring (bicyclic) bond motifs is 1. The van der Waals surface area contributed by atoms with Gasteiger partial charge in [-0.25, -0.2) is 13.1 Å². The second-order valence-corrected chi connectivity index (χ2v) is 7.38. The van der Waals surface area contributed by atoms with Crippen molar-refractivity contribution in [2.75, 3.05) is 12.4 Å². The van der Waals surface area contributed by atoms with Gasteiger partial charge in [0.2, 0.25) is 10.0 Å². The fourth-order valence-corrected chi connectivity index (χ4v) is 4.14. The maximum atomic E-state index is 12.3. The van der Waals surface area contributed by atoms with Crippen LogP contribution in [0.1, 0.15) is 12.8 Å². The van der Waals surface area contributed by atoms with E-state index in [0.717, 1.165) is 24.2 Å². The summed E-state index contributed by atoms with van der Waals surface area (Å²) in [5, 5.41) is 0. The van der Waals surface area contributed by atoms with Crippen LogP contribution in [-0.2, 0) is 21.4 Å². The number of hydrogen-bond donors (Lipinski definition) is 1. The minimum absolute atomic E-state index is 0.0527. The number of halogens is 1. The molecule has 1 aromatic rings. The first-order chi connectivity index (χ1) is 9.06. The summed E-state index contributed by atoms with van der Waals surface area (Å²) in [6, 6.07) is 4.97. The van der Waals surface area contributed by atoms with E-state index in [9.17, 15) is 8.42 Å². The van der Waals surface area contributed by atoms with Crippen LogP contribution in [0, 0.1) is 5.41 Å². The maximum Gasteiger partial charge on any atom is 0.242 e. The van der Waals surface area contributed by atoms with Crippen molar-refractivity contribution in [3.05, 3.63) is 18.2 Å². The first kappa shape index (κ1) is 13.2. The van der Waals surface area contributed by atoms with Crippen molar-refractivity contribution >= 4 is 44.4 Å². The molecule has 1 aliphatic heterocycles. The average molecular weight is 318 g/mol.